The van der Waals surface area contributed by atoms with E-state index in [-0.39, 0.29) is 11.8 Å². The van der Waals surface area contributed by atoms with E-state index >= 15 is 0 Å². The average molecular weight is 439 g/mol. The highest BCUT2D eigenvalue weighted by atomic mass is 16.5. The third-order valence-electron chi connectivity index (χ3n) is 5.30. The first-order valence-corrected chi connectivity index (χ1v) is 10.5. The van der Waals surface area contributed by atoms with Gasteiger partial charge < -0.3 is 15.4 Å². The lowest BCUT2D eigenvalue weighted by Gasteiger charge is -2.23. The minimum absolute atomic E-state index is 0.230. The SMILES string of the molecule is CC1Oc2ccc(NC(=O)c3cn(Cc4ccccc4)nc3-c3cccnc3)cc2NC1=O. The fourth-order valence-corrected chi connectivity index (χ4v) is 3.64. The van der Waals surface area contributed by atoms with Crippen LogP contribution in [-0.2, 0) is 11.3 Å². The zero-order valence-electron chi connectivity index (χ0n) is 17.9. The van der Waals surface area contributed by atoms with E-state index in [0.717, 1.165) is 11.1 Å². The lowest BCUT2D eigenvalue weighted by molar-refractivity contribution is -0.122. The minimum atomic E-state index is -0.560. The number of nitrogens with zero attached hydrogens (tertiary/aromatic N) is 3. The zero-order valence-corrected chi connectivity index (χ0v) is 17.9. The van der Waals surface area contributed by atoms with E-state index in [2.05, 4.69) is 20.7 Å². The van der Waals surface area contributed by atoms with E-state index in [1.165, 1.54) is 0 Å². The first-order valence-electron chi connectivity index (χ1n) is 10.5. The van der Waals surface area contributed by atoms with E-state index in [1.54, 1.807) is 54.5 Å². The number of rotatable bonds is 5. The molecule has 0 aliphatic carbocycles. The molecule has 3 heterocycles. The van der Waals surface area contributed by atoms with Crippen molar-refractivity contribution in [3.05, 3.63) is 90.4 Å². The van der Waals surface area contributed by atoms with Crippen LogP contribution in [0.15, 0.2) is 79.3 Å². The Labute approximate surface area is 190 Å². The van der Waals surface area contributed by atoms with Gasteiger partial charge in [-0.2, -0.15) is 5.10 Å². The Morgan fingerprint density at radius 1 is 1.15 bits per heavy atom. The predicted molar refractivity (Wildman–Crippen MR) is 124 cm³/mol. The summed E-state index contributed by atoms with van der Waals surface area (Å²) in [6.45, 7) is 2.21. The van der Waals surface area contributed by atoms with Crippen LogP contribution in [0.5, 0.6) is 5.75 Å². The molecule has 1 unspecified atom stereocenters. The van der Waals surface area contributed by atoms with Crippen LogP contribution >= 0.6 is 0 Å². The molecule has 1 aliphatic rings. The zero-order chi connectivity index (χ0) is 22.8. The molecule has 33 heavy (non-hydrogen) atoms. The minimum Gasteiger partial charge on any atom is -0.479 e. The first-order chi connectivity index (χ1) is 16.1. The molecule has 0 saturated heterocycles. The second-order valence-corrected chi connectivity index (χ2v) is 7.73. The molecule has 0 saturated carbocycles. The van der Waals surface area contributed by atoms with Crippen molar-refractivity contribution in [3.63, 3.8) is 0 Å². The van der Waals surface area contributed by atoms with Crippen molar-refractivity contribution in [1.82, 2.24) is 14.8 Å². The second-order valence-electron chi connectivity index (χ2n) is 7.73. The van der Waals surface area contributed by atoms with E-state index in [4.69, 9.17) is 4.74 Å². The van der Waals surface area contributed by atoms with Crippen molar-refractivity contribution in [2.45, 2.75) is 19.6 Å². The van der Waals surface area contributed by atoms with Gasteiger partial charge in [-0.25, -0.2) is 0 Å². The van der Waals surface area contributed by atoms with Crippen molar-refractivity contribution in [1.29, 1.82) is 0 Å². The summed E-state index contributed by atoms with van der Waals surface area (Å²) >= 11 is 0. The molecule has 0 fully saturated rings. The van der Waals surface area contributed by atoms with Crippen LogP contribution < -0.4 is 15.4 Å². The molecule has 0 spiro atoms. The van der Waals surface area contributed by atoms with Gasteiger partial charge in [-0.05, 0) is 42.8 Å². The summed E-state index contributed by atoms with van der Waals surface area (Å²) in [5.41, 5.74) is 3.83. The maximum Gasteiger partial charge on any atom is 0.265 e. The summed E-state index contributed by atoms with van der Waals surface area (Å²) in [7, 11) is 0. The third kappa shape index (κ3) is 4.31. The number of ether oxygens (including phenoxy) is 1. The topological polar surface area (TPSA) is 98.1 Å². The number of anilines is 2. The third-order valence-corrected chi connectivity index (χ3v) is 5.30. The van der Waals surface area contributed by atoms with Crippen molar-refractivity contribution in [2.24, 2.45) is 0 Å². The number of hydrogen-bond donors (Lipinski definition) is 2. The summed E-state index contributed by atoms with van der Waals surface area (Å²) in [5.74, 6) is 0.0170. The molecule has 1 aliphatic heterocycles. The van der Waals surface area contributed by atoms with Gasteiger partial charge in [0.15, 0.2) is 6.10 Å². The fourth-order valence-electron chi connectivity index (χ4n) is 3.64. The van der Waals surface area contributed by atoms with Gasteiger partial charge in [0.05, 0.1) is 17.8 Å². The number of nitrogens with one attached hydrogen (secondary N) is 2. The normalized spacial score (nSPS) is 14.7. The average Bonchev–Trinajstić information content (AvgIpc) is 3.25. The first kappa shape index (κ1) is 20.4. The summed E-state index contributed by atoms with van der Waals surface area (Å²) in [6.07, 6.45) is 4.53. The van der Waals surface area contributed by atoms with Crippen LogP contribution in [0.4, 0.5) is 11.4 Å². The van der Waals surface area contributed by atoms with Gasteiger partial charge >= 0.3 is 0 Å². The number of carbonyl (C=O) groups excluding carboxylic acids is 2. The molecule has 164 valence electrons. The quantitative estimate of drug-likeness (QED) is 0.490. The van der Waals surface area contributed by atoms with Crippen LogP contribution in [0, 0.1) is 0 Å². The molecule has 8 nitrogen and oxygen atoms in total. The van der Waals surface area contributed by atoms with E-state index in [0.29, 0.717) is 34.9 Å². The monoisotopic (exact) mass is 439 g/mol. The largest absolute Gasteiger partial charge is 0.479 e. The molecule has 1 atom stereocenters. The molecule has 8 heteroatoms. The standard InChI is InChI=1S/C25H21N5O3/c1-16-24(31)28-21-12-19(9-10-22(21)33-16)27-25(32)20-15-30(14-17-6-3-2-4-7-17)29-23(20)18-8-5-11-26-13-18/h2-13,15-16H,14H2,1H3,(H,27,32)(H,28,31). The molecule has 2 N–H and O–H groups in total. The Morgan fingerprint density at radius 3 is 2.79 bits per heavy atom. The van der Waals surface area contributed by atoms with Gasteiger partial charge in [-0.1, -0.05) is 30.3 Å². The Balaban J connectivity index is 1.44. The number of hydrogen-bond acceptors (Lipinski definition) is 5. The number of amides is 2. The van der Waals surface area contributed by atoms with E-state index in [1.807, 2.05) is 36.4 Å². The van der Waals surface area contributed by atoms with E-state index in [9.17, 15) is 9.59 Å². The summed E-state index contributed by atoms with van der Waals surface area (Å²) in [5, 5.41) is 10.4. The summed E-state index contributed by atoms with van der Waals surface area (Å²) in [4.78, 5) is 29.3. The van der Waals surface area contributed by atoms with Crippen LogP contribution in [0.3, 0.4) is 0 Å². The molecule has 0 bridgehead atoms. The summed E-state index contributed by atoms with van der Waals surface area (Å²) < 4.78 is 7.33. The fraction of sp³-hybridized carbons (Fsp3) is 0.120. The number of aromatic nitrogens is 3. The van der Waals surface area contributed by atoms with Crippen LogP contribution in [-0.4, -0.2) is 32.7 Å². The van der Waals surface area contributed by atoms with Crippen molar-refractivity contribution >= 4 is 23.2 Å². The van der Waals surface area contributed by atoms with Crippen molar-refractivity contribution in [2.75, 3.05) is 10.6 Å². The van der Waals surface area contributed by atoms with Gasteiger partial charge in [-0.15, -0.1) is 0 Å². The van der Waals surface area contributed by atoms with Gasteiger partial charge in [0.1, 0.15) is 11.4 Å². The smallest absolute Gasteiger partial charge is 0.265 e. The number of fused-ring (bicyclic) bond motifs is 1. The molecule has 2 amide bonds. The molecule has 5 rings (SSSR count). The van der Waals surface area contributed by atoms with Crippen molar-refractivity contribution in [3.8, 4) is 17.0 Å². The lowest BCUT2D eigenvalue weighted by atomic mass is 10.1. The molecule has 2 aromatic carbocycles. The Kier molecular flexibility index (Phi) is 5.32. The highest BCUT2D eigenvalue weighted by molar-refractivity contribution is 6.08. The maximum absolute atomic E-state index is 13.3. The molecule has 0 radical (unpaired) electrons. The molecule has 2 aromatic heterocycles. The predicted octanol–water partition coefficient (Wildman–Crippen LogP) is 3.97. The summed E-state index contributed by atoms with van der Waals surface area (Å²) in [6, 6.07) is 18.7. The van der Waals surface area contributed by atoms with Crippen molar-refractivity contribution < 1.29 is 14.3 Å². The van der Waals surface area contributed by atoms with Gasteiger partial charge in [-0.3, -0.25) is 19.3 Å². The second kappa shape index (κ2) is 8.58. The van der Waals surface area contributed by atoms with Gasteiger partial charge in [0.25, 0.3) is 11.8 Å². The number of pyridine rings is 1. The molecular weight excluding hydrogens is 418 g/mol. The molecule has 4 aromatic rings. The van der Waals surface area contributed by atoms with Crippen LogP contribution in [0.1, 0.15) is 22.8 Å². The Hall–Kier alpha value is -4.46. The highest BCUT2D eigenvalue weighted by Crippen LogP contribution is 2.32. The number of carbonyl (C=O) groups is 2. The Bertz CT molecular complexity index is 1320. The maximum atomic E-state index is 13.3. The number of benzene rings is 2. The van der Waals surface area contributed by atoms with Crippen LogP contribution in [0.2, 0.25) is 0 Å². The van der Waals surface area contributed by atoms with Gasteiger partial charge in [0.2, 0.25) is 0 Å². The highest BCUT2D eigenvalue weighted by Gasteiger charge is 2.24. The van der Waals surface area contributed by atoms with Gasteiger partial charge in [0, 0.05) is 29.8 Å². The molecular formula is C25H21N5O3. The van der Waals surface area contributed by atoms with E-state index < -0.39 is 6.10 Å². The van der Waals surface area contributed by atoms with Crippen LogP contribution in [0.25, 0.3) is 11.3 Å². The Morgan fingerprint density at radius 2 is 2.00 bits per heavy atom. The lowest BCUT2D eigenvalue weighted by Crippen LogP contribution is -2.34.